The second-order valence-corrected chi connectivity index (χ2v) is 14.6. The molecule has 2 heterocycles. The molecule has 2 aliphatic rings. The highest BCUT2D eigenvalue weighted by Crippen LogP contribution is 2.34. The zero-order valence-electron chi connectivity index (χ0n) is 33.1. The molecule has 13 heteroatoms. The SMILES string of the molecule is CN(CCOCCOCCOCCC(=O)O)C(=O)c1cccc(C(=O)Nc2ccc(N3CCCCC3)cc2-c2cc(C(=O)N[C@H]3CCCc4ccccc43)ccn2)c1. The number of carboxylic acids is 1. The Morgan fingerprint density at radius 3 is 2.29 bits per heavy atom. The quantitative estimate of drug-likeness (QED) is 0.0909. The van der Waals surface area contributed by atoms with Crippen molar-refractivity contribution >= 4 is 35.1 Å². The number of nitrogens with one attached hydrogen (secondary N) is 2. The lowest BCUT2D eigenvalue weighted by Gasteiger charge is -2.29. The number of aliphatic carboxylic acids is 1. The molecule has 1 saturated heterocycles. The number of carboxylic acid groups (broad SMARTS) is 1. The standard InChI is InChI=1S/C45H53N5O8/c1-49(22-24-57-26-28-58-27-25-56-23-18-42(51)52)45(55)35-12-7-11-33(29-35)43(53)48-40-16-15-36(50-20-5-2-6-21-50)31-38(40)41-30-34(17-19-46-41)44(54)47-39-14-8-10-32-9-3-4-13-37(32)39/h3-4,7,9,11-13,15-17,19,29-31,39H,2,5-6,8,10,14,18,20-28H2,1H3,(H,47,54)(H,48,53)(H,51,52)/t39-/m0/s1. The van der Waals surface area contributed by atoms with Crippen molar-refractivity contribution in [3.63, 3.8) is 0 Å². The minimum Gasteiger partial charge on any atom is -0.481 e. The predicted molar refractivity (Wildman–Crippen MR) is 221 cm³/mol. The minimum absolute atomic E-state index is 0.0466. The fourth-order valence-electron chi connectivity index (χ4n) is 7.28. The van der Waals surface area contributed by atoms with Crippen LogP contribution >= 0.6 is 0 Å². The lowest BCUT2D eigenvalue weighted by molar-refractivity contribution is -0.138. The Morgan fingerprint density at radius 2 is 1.50 bits per heavy atom. The maximum absolute atomic E-state index is 13.8. The summed E-state index contributed by atoms with van der Waals surface area (Å²) < 4.78 is 16.2. The third kappa shape index (κ3) is 11.7. The average Bonchev–Trinajstić information content (AvgIpc) is 3.25. The first kappa shape index (κ1) is 42.0. The number of ether oxygens (including phenoxy) is 3. The molecule has 1 aromatic heterocycles. The van der Waals surface area contributed by atoms with Gasteiger partial charge < -0.3 is 39.8 Å². The molecule has 13 nitrogen and oxygen atoms in total. The maximum Gasteiger partial charge on any atom is 0.305 e. The Balaban J connectivity index is 1.09. The molecule has 1 fully saturated rings. The predicted octanol–water partition coefficient (Wildman–Crippen LogP) is 6.40. The van der Waals surface area contributed by atoms with Gasteiger partial charge in [-0.1, -0.05) is 30.3 Å². The number of nitrogens with zero attached hydrogens (tertiary/aromatic N) is 3. The lowest BCUT2D eigenvalue weighted by atomic mass is 9.87. The van der Waals surface area contributed by atoms with E-state index in [0.717, 1.165) is 56.4 Å². The lowest BCUT2D eigenvalue weighted by Crippen LogP contribution is -2.31. The van der Waals surface area contributed by atoms with Crippen molar-refractivity contribution in [3.8, 4) is 11.3 Å². The largest absolute Gasteiger partial charge is 0.481 e. The van der Waals surface area contributed by atoms with Gasteiger partial charge in [0.25, 0.3) is 17.7 Å². The van der Waals surface area contributed by atoms with Crippen molar-refractivity contribution in [2.75, 3.05) is 76.5 Å². The number of carbonyl (C=O) groups excluding carboxylic acids is 3. The van der Waals surface area contributed by atoms with Crippen LogP contribution in [0.5, 0.6) is 0 Å². The van der Waals surface area contributed by atoms with Crippen LogP contribution in [0.15, 0.2) is 85.1 Å². The third-order valence-electron chi connectivity index (χ3n) is 10.4. The van der Waals surface area contributed by atoms with Crippen LogP contribution in [0, 0.1) is 0 Å². The Bertz CT molecular complexity index is 2030. The van der Waals surface area contributed by atoms with Gasteiger partial charge in [0.1, 0.15) is 0 Å². The number of piperidine rings is 1. The van der Waals surface area contributed by atoms with Gasteiger partial charge >= 0.3 is 5.97 Å². The van der Waals surface area contributed by atoms with Gasteiger partial charge in [0, 0.05) is 60.8 Å². The summed E-state index contributed by atoms with van der Waals surface area (Å²) in [4.78, 5) is 59.9. The Morgan fingerprint density at radius 1 is 0.776 bits per heavy atom. The molecule has 0 unspecified atom stereocenters. The van der Waals surface area contributed by atoms with Gasteiger partial charge in [-0.2, -0.15) is 0 Å². The van der Waals surface area contributed by atoms with E-state index in [4.69, 9.17) is 19.3 Å². The van der Waals surface area contributed by atoms with Crippen molar-refractivity contribution < 1.29 is 38.5 Å². The summed E-state index contributed by atoms with van der Waals surface area (Å²) >= 11 is 0. The Hall–Kier alpha value is -5.63. The molecule has 3 aromatic carbocycles. The highest BCUT2D eigenvalue weighted by Gasteiger charge is 2.23. The smallest absolute Gasteiger partial charge is 0.305 e. The van der Waals surface area contributed by atoms with Crippen LogP contribution < -0.4 is 15.5 Å². The van der Waals surface area contributed by atoms with Gasteiger partial charge in [0.05, 0.1) is 63.5 Å². The second kappa shape index (κ2) is 21.2. The molecular formula is C45H53N5O8. The molecule has 4 aromatic rings. The summed E-state index contributed by atoms with van der Waals surface area (Å²) in [6.45, 7) is 3.95. The van der Waals surface area contributed by atoms with Crippen LogP contribution in [0.2, 0.25) is 0 Å². The van der Waals surface area contributed by atoms with Crippen LogP contribution in [-0.4, -0.2) is 105 Å². The van der Waals surface area contributed by atoms with Gasteiger partial charge in [-0.05, 0) is 98.2 Å². The molecule has 1 atom stereocenters. The van der Waals surface area contributed by atoms with E-state index >= 15 is 0 Å². The average molecular weight is 792 g/mol. The van der Waals surface area contributed by atoms with Gasteiger partial charge in [0.2, 0.25) is 0 Å². The first-order valence-electron chi connectivity index (χ1n) is 20.1. The van der Waals surface area contributed by atoms with Crippen molar-refractivity contribution in [2.24, 2.45) is 0 Å². The number of anilines is 2. The van der Waals surface area contributed by atoms with Gasteiger partial charge in [-0.3, -0.25) is 24.2 Å². The number of aromatic nitrogens is 1. The number of likely N-dealkylation sites (N-methyl/N-ethyl adjacent to an activating group) is 1. The zero-order chi connectivity index (χ0) is 40.7. The summed E-state index contributed by atoms with van der Waals surface area (Å²) in [6.07, 6.45) is 7.88. The summed E-state index contributed by atoms with van der Waals surface area (Å²) in [5.41, 5.74) is 6.42. The molecule has 3 amide bonds. The molecule has 58 heavy (non-hydrogen) atoms. The molecular weight excluding hydrogens is 739 g/mol. The molecule has 306 valence electrons. The van der Waals surface area contributed by atoms with E-state index in [1.54, 1.807) is 49.6 Å². The van der Waals surface area contributed by atoms with E-state index in [9.17, 15) is 19.2 Å². The summed E-state index contributed by atoms with van der Waals surface area (Å²) in [7, 11) is 1.68. The molecule has 0 saturated carbocycles. The number of hydrogen-bond donors (Lipinski definition) is 3. The van der Waals surface area contributed by atoms with Crippen LogP contribution in [0.25, 0.3) is 11.3 Å². The molecule has 1 aliphatic heterocycles. The number of aryl methyl sites for hydroxylation is 1. The topological polar surface area (TPSA) is 160 Å². The van der Waals surface area contributed by atoms with Crippen molar-refractivity contribution in [3.05, 3.63) is 113 Å². The molecule has 0 bridgehead atoms. The number of benzene rings is 3. The van der Waals surface area contributed by atoms with Crippen LogP contribution in [0.1, 0.15) is 86.8 Å². The Labute approximate surface area is 339 Å². The fourth-order valence-corrected chi connectivity index (χ4v) is 7.28. The first-order chi connectivity index (χ1) is 28.3. The fraction of sp³-hybridized carbons (Fsp3) is 0.400. The highest BCUT2D eigenvalue weighted by molar-refractivity contribution is 6.08. The number of pyridine rings is 1. The Kier molecular flexibility index (Phi) is 15.4. The summed E-state index contributed by atoms with van der Waals surface area (Å²) in [5, 5.41) is 14.9. The van der Waals surface area contributed by atoms with Crippen LogP contribution in [-0.2, 0) is 25.4 Å². The number of amides is 3. The molecule has 6 rings (SSSR count). The monoisotopic (exact) mass is 791 g/mol. The van der Waals surface area contributed by atoms with Crippen molar-refractivity contribution in [1.29, 1.82) is 0 Å². The number of carbonyl (C=O) groups is 4. The number of fused-ring (bicyclic) bond motifs is 1. The third-order valence-corrected chi connectivity index (χ3v) is 10.4. The molecule has 0 radical (unpaired) electrons. The normalized spacial score (nSPS) is 15.0. The second-order valence-electron chi connectivity index (χ2n) is 14.6. The van der Waals surface area contributed by atoms with E-state index < -0.39 is 5.97 Å². The molecule has 1 aliphatic carbocycles. The van der Waals surface area contributed by atoms with E-state index in [1.807, 2.05) is 30.3 Å². The van der Waals surface area contributed by atoms with Gasteiger partial charge in [0.15, 0.2) is 0 Å². The number of hydrogen-bond acceptors (Lipinski definition) is 9. The maximum atomic E-state index is 13.8. The number of rotatable bonds is 19. The molecule has 3 N–H and O–H groups in total. The minimum atomic E-state index is -0.906. The van der Waals surface area contributed by atoms with Crippen molar-refractivity contribution in [1.82, 2.24) is 15.2 Å². The van der Waals surface area contributed by atoms with Crippen LogP contribution in [0.3, 0.4) is 0 Å². The van der Waals surface area contributed by atoms with Gasteiger partial charge in [-0.25, -0.2) is 0 Å². The van der Waals surface area contributed by atoms with E-state index in [0.29, 0.717) is 73.2 Å². The molecule has 0 spiro atoms. The van der Waals surface area contributed by atoms with Crippen LogP contribution in [0.4, 0.5) is 11.4 Å². The summed E-state index contributed by atoms with van der Waals surface area (Å²) in [6, 6.07) is 24.2. The zero-order valence-corrected chi connectivity index (χ0v) is 33.1. The summed E-state index contributed by atoms with van der Waals surface area (Å²) in [5.74, 6) is -1.72. The van der Waals surface area contributed by atoms with Crippen molar-refractivity contribution in [2.45, 2.75) is 51.0 Å². The van der Waals surface area contributed by atoms with E-state index in [2.05, 4.69) is 32.7 Å². The van der Waals surface area contributed by atoms with E-state index in [-0.39, 0.29) is 36.8 Å². The first-order valence-corrected chi connectivity index (χ1v) is 20.1. The highest BCUT2D eigenvalue weighted by atomic mass is 16.5. The van der Waals surface area contributed by atoms with E-state index in [1.165, 1.54) is 16.9 Å². The van der Waals surface area contributed by atoms with Gasteiger partial charge in [-0.15, -0.1) is 0 Å².